The molecule has 0 spiro atoms. The monoisotopic (exact) mass is 298 g/mol. The zero-order chi connectivity index (χ0) is 16.0. The van der Waals surface area contributed by atoms with Crippen molar-refractivity contribution in [2.24, 2.45) is 5.92 Å². The van der Waals surface area contributed by atoms with E-state index in [0.29, 0.717) is 19.4 Å². The number of amides is 2. The second kappa shape index (κ2) is 7.10. The Morgan fingerprint density at radius 1 is 1.52 bits per heavy atom. The number of carboxylic acid groups (broad SMARTS) is 1. The molecule has 0 aromatic carbocycles. The molecule has 3 N–H and O–H groups in total. The van der Waals surface area contributed by atoms with Crippen LogP contribution >= 0.6 is 0 Å². The molecule has 2 amide bonds. The Bertz CT molecular complexity index is 439. The van der Waals surface area contributed by atoms with E-state index in [0.717, 1.165) is 6.08 Å². The molecule has 1 heterocycles. The molecule has 7 heteroatoms. The predicted molar refractivity (Wildman–Crippen MR) is 75.7 cm³/mol. The molecule has 0 bridgehead atoms. The first-order valence-electron chi connectivity index (χ1n) is 6.86. The highest BCUT2D eigenvalue weighted by atomic mass is 16.6. The molecule has 0 aliphatic carbocycles. The molecular weight excluding hydrogens is 276 g/mol. The summed E-state index contributed by atoms with van der Waals surface area (Å²) < 4.78 is 5.13. The first kappa shape index (κ1) is 17.0. The Balaban J connectivity index is 2.65. The van der Waals surface area contributed by atoms with Gasteiger partial charge in [-0.3, -0.25) is 4.79 Å². The lowest BCUT2D eigenvalue weighted by Gasteiger charge is -2.23. The molecule has 7 nitrogen and oxygen atoms in total. The summed E-state index contributed by atoms with van der Waals surface area (Å²) in [6.45, 7) is 5.81. The van der Waals surface area contributed by atoms with Crippen molar-refractivity contribution in [2.75, 3.05) is 6.54 Å². The van der Waals surface area contributed by atoms with E-state index in [9.17, 15) is 14.4 Å². The van der Waals surface area contributed by atoms with Gasteiger partial charge in [0.05, 0.1) is 6.04 Å². The average Bonchev–Trinajstić information content (AvgIpc) is 2.69. The number of ether oxygens (including phenoxy) is 1. The molecule has 21 heavy (non-hydrogen) atoms. The molecule has 1 aliphatic rings. The number of rotatable bonds is 5. The third kappa shape index (κ3) is 6.78. The quantitative estimate of drug-likeness (QED) is 0.658. The van der Waals surface area contributed by atoms with Crippen molar-refractivity contribution in [1.29, 1.82) is 0 Å². The molecule has 2 atom stereocenters. The fourth-order valence-corrected chi connectivity index (χ4v) is 2.02. The van der Waals surface area contributed by atoms with Crippen LogP contribution in [0.15, 0.2) is 12.2 Å². The third-order valence-electron chi connectivity index (χ3n) is 2.87. The maximum atomic E-state index is 11.8. The lowest BCUT2D eigenvalue weighted by Crippen LogP contribution is -2.40. The SMILES string of the molecule is CC(C)(C)OC(=O)NC(/C=C/C(=O)O)C[C@@H]1CCNC1=O. The fourth-order valence-electron chi connectivity index (χ4n) is 2.02. The summed E-state index contributed by atoms with van der Waals surface area (Å²) in [5, 5.41) is 14.0. The molecule has 1 rings (SSSR count). The Labute approximate surface area is 123 Å². The summed E-state index contributed by atoms with van der Waals surface area (Å²) in [5.74, 6) is -1.42. The zero-order valence-corrected chi connectivity index (χ0v) is 12.5. The smallest absolute Gasteiger partial charge is 0.408 e. The molecular formula is C14H22N2O5. The van der Waals surface area contributed by atoms with Crippen molar-refractivity contribution >= 4 is 18.0 Å². The van der Waals surface area contributed by atoms with Crippen LogP contribution in [-0.2, 0) is 14.3 Å². The van der Waals surface area contributed by atoms with E-state index in [1.807, 2.05) is 0 Å². The Morgan fingerprint density at radius 2 is 2.19 bits per heavy atom. The largest absolute Gasteiger partial charge is 0.478 e. The van der Waals surface area contributed by atoms with Crippen LogP contribution in [0.2, 0.25) is 0 Å². The van der Waals surface area contributed by atoms with Gasteiger partial charge in [0, 0.05) is 18.5 Å². The zero-order valence-electron chi connectivity index (χ0n) is 12.5. The maximum absolute atomic E-state index is 11.8. The molecule has 1 unspecified atom stereocenters. The van der Waals surface area contributed by atoms with Crippen molar-refractivity contribution < 1.29 is 24.2 Å². The molecule has 0 aromatic rings. The van der Waals surface area contributed by atoms with Crippen molar-refractivity contribution in [3.05, 3.63) is 12.2 Å². The highest BCUT2D eigenvalue weighted by Crippen LogP contribution is 2.17. The second-order valence-corrected chi connectivity index (χ2v) is 5.96. The number of carbonyl (C=O) groups excluding carboxylic acids is 2. The van der Waals surface area contributed by atoms with Crippen LogP contribution in [0.3, 0.4) is 0 Å². The van der Waals surface area contributed by atoms with Crippen LogP contribution in [0.25, 0.3) is 0 Å². The number of alkyl carbamates (subject to hydrolysis) is 1. The third-order valence-corrected chi connectivity index (χ3v) is 2.87. The first-order chi connectivity index (χ1) is 9.67. The summed E-state index contributed by atoms with van der Waals surface area (Å²) in [5.41, 5.74) is -0.643. The van der Waals surface area contributed by atoms with Crippen LogP contribution in [0, 0.1) is 5.92 Å². The van der Waals surface area contributed by atoms with E-state index < -0.39 is 23.7 Å². The van der Waals surface area contributed by atoms with Gasteiger partial charge in [0.25, 0.3) is 0 Å². The number of hydrogen-bond acceptors (Lipinski definition) is 4. The van der Waals surface area contributed by atoms with Gasteiger partial charge in [-0.2, -0.15) is 0 Å². The fraction of sp³-hybridized carbons (Fsp3) is 0.643. The van der Waals surface area contributed by atoms with Gasteiger partial charge in [-0.05, 0) is 33.6 Å². The molecule has 1 aliphatic heterocycles. The standard InChI is InChI=1S/C14H22N2O5/c1-14(2,3)21-13(20)16-10(4-5-11(17)18)8-9-6-7-15-12(9)19/h4-5,9-10H,6-8H2,1-3H3,(H,15,19)(H,16,20)(H,17,18)/b5-4+/t9-,10?/m0/s1. The van der Waals surface area contributed by atoms with Gasteiger partial charge in [-0.15, -0.1) is 0 Å². The number of aliphatic carboxylic acids is 1. The lowest BCUT2D eigenvalue weighted by molar-refractivity contribution is -0.131. The Kier molecular flexibility index (Phi) is 5.75. The first-order valence-corrected chi connectivity index (χ1v) is 6.86. The highest BCUT2D eigenvalue weighted by molar-refractivity contribution is 5.81. The van der Waals surface area contributed by atoms with Crippen LogP contribution in [0.4, 0.5) is 4.79 Å². The van der Waals surface area contributed by atoms with Gasteiger partial charge in [0.1, 0.15) is 5.60 Å². The minimum Gasteiger partial charge on any atom is -0.478 e. The van der Waals surface area contributed by atoms with E-state index >= 15 is 0 Å². The summed E-state index contributed by atoms with van der Waals surface area (Å²) in [6, 6.07) is -0.565. The van der Waals surface area contributed by atoms with Crippen LogP contribution in [-0.4, -0.2) is 41.3 Å². The summed E-state index contributed by atoms with van der Waals surface area (Å²) in [7, 11) is 0. The number of nitrogens with one attached hydrogen (secondary N) is 2. The van der Waals surface area contributed by atoms with E-state index in [2.05, 4.69) is 10.6 Å². The highest BCUT2D eigenvalue weighted by Gasteiger charge is 2.28. The van der Waals surface area contributed by atoms with Gasteiger partial charge in [-0.1, -0.05) is 6.08 Å². The van der Waals surface area contributed by atoms with Gasteiger partial charge in [0.15, 0.2) is 0 Å². The van der Waals surface area contributed by atoms with Crippen molar-refractivity contribution in [2.45, 2.75) is 45.3 Å². The van der Waals surface area contributed by atoms with E-state index in [4.69, 9.17) is 9.84 Å². The molecule has 118 valence electrons. The number of hydrogen-bond donors (Lipinski definition) is 3. The van der Waals surface area contributed by atoms with Crippen molar-refractivity contribution in [3.8, 4) is 0 Å². The number of carboxylic acids is 1. The van der Waals surface area contributed by atoms with Crippen molar-refractivity contribution in [1.82, 2.24) is 10.6 Å². The molecule has 1 saturated heterocycles. The van der Waals surface area contributed by atoms with Crippen LogP contribution in [0.1, 0.15) is 33.6 Å². The van der Waals surface area contributed by atoms with Crippen LogP contribution in [0.5, 0.6) is 0 Å². The maximum Gasteiger partial charge on any atom is 0.408 e. The average molecular weight is 298 g/mol. The summed E-state index contributed by atoms with van der Waals surface area (Å²) in [4.78, 5) is 33.9. The molecule has 0 radical (unpaired) electrons. The van der Waals surface area contributed by atoms with Gasteiger partial charge >= 0.3 is 12.1 Å². The van der Waals surface area contributed by atoms with E-state index in [-0.39, 0.29) is 11.8 Å². The number of carbonyl (C=O) groups is 3. The van der Waals surface area contributed by atoms with Crippen molar-refractivity contribution in [3.63, 3.8) is 0 Å². The minimum atomic E-state index is -1.11. The van der Waals surface area contributed by atoms with E-state index in [1.165, 1.54) is 6.08 Å². The Hall–Kier alpha value is -2.05. The lowest BCUT2D eigenvalue weighted by atomic mass is 9.98. The Morgan fingerprint density at radius 3 is 2.67 bits per heavy atom. The van der Waals surface area contributed by atoms with Gasteiger partial charge in [-0.25, -0.2) is 9.59 Å². The summed E-state index contributed by atoms with van der Waals surface area (Å²) >= 11 is 0. The van der Waals surface area contributed by atoms with Gasteiger partial charge < -0.3 is 20.5 Å². The molecule has 0 saturated carbocycles. The molecule has 1 fully saturated rings. The second-order valence-electron chi connectivity index (χ2n) is 5.96. The molecule has 0 aromatic heterocycles. The van der Waals surface area contributed by atoms with Gasteiger partial charge in [0.2, 0.25) is 5.91 Å². The predicted octanol–water partition coefficient (Wildman–Crippen LogP) is 1.05. The topological polar surface area (TPSA) is 105 Å². The summed E-state index contributed by atoms with van der Waals surface area (Å²) in [6.07, 6.45) is 2.69. The minimum absolute atomic E-state index is 0.0743. The normalized spacial score (nSPS) is 20.1. The van der Waals surface area contributed by atoms with Crippen LogP contribution < -0.4 is 10.6 Å². The van der Waals surface area contributed by atoms with E-state index in [1.54, 1.807) is 20.8 Å².